The monoisotopic (exact) mass is 255 g/mol. The lowest BCUT2D eigenvalue weighted by molar-refractivity contribution is 0.0766. The van der Waals surface area contributed by atoms with Crippen LogP contribution in [0.5, 0.6) is 0 Å². The lowest BCUT2D eigenvalue weighted by Gasteiger charge is -2.23. The molecular formula is C14H13N3O2. The summed E-state index contributed by atoms with van der Waals surface area (Å²) in [4.78, 5) is 25.8. The van der Waals surface area contributed by atoms with Crippen LogP contribution in [0.4, 0.5) is 0 Å². The van der Waals surface area contributed by atoms with Gasteiger partial charge in [-0.25, -0.2) is 5.10 Å². The third-order valence-corrected chi connectivity index (χ3v) is 3.24. The molecule has 19 heavy (non-hydrogen) atoms. The van der Waals surface area contributed by atoms with Gasteiger partial charge >= 0.3 is 0 Å². The maximum Gasteiger partial charge on any atom is 0.275 e. The molecule has 5 nitrogen and oxygen atoms in total. The minimum atomic E-state index is -0.273. The first kappa shape index (κ1) is 11.6. The first-order valence-corrected chi connectivity index (χ1v) is 6.19. The summed E-state index contributed by atoms with van der Waals surface area (Å²) in [5, 5.41) is 7.42. The highest BCUT2D eigenvalue weighted by atomic mass is 16.2. The molecule has 1 aliphatic rings. The molecule has 0 saturated heterocycles. The molecule has 1 aliphatic heterocycles. The van der Waals surface area contributed by atoms with Crippen LogP contribution in [0.15, 0.2) is 41.2 Å². The molecule has 0 aliphatic carbocycles. The number of carbonyl (C=O) groups is 1. The number of aromatic amines is 1. The number of fused-ring (bicyclic) bond motifs is 1. The Kier molecular flexibility index (Phi) is 2.87. The number of aromatic nitrogens is 2. The number of nitrogens with one attached hydrogen (secondary N) is 1. The van der Waals surface area contributed by atoms with Gasteiger partial charge in [0.15, 0.2) is 5.69 Å². The van der Waals surface area contributed by atoms with E-state index in [1.54, 1.807) is 29.2 Å². The van der Waals surface area contributed by atoms with Crippen molar-refractivity contribution in [2.24, 2.45) is 0 Å². The standard InChI is InChI=1S/C14H13N3O2/c18-13-11-7-3-2-6-10(11)12(15-16-13)14(19)17-8-4-1-5-9-17/h1-4,6-7H,5,8-9H2,(H,16,18). The average molecular weight is 255 g/mol. The van der Waals surface area contributed by atoms with E-state index in [9.17, 15) is 9.59 Å². The van der Waals surface area contributed by atoms with Crippen molar-refractivity contribution in [1.29, 1.82) is 0 Å². The molecule has 0 unspecified atom stereocenters. The van der Waals surface area contributed by atoms with Crippen LogP contribution in [0.25, 0.3) is 10.8 Å². The predicted octanol–water partition coefficient (Wildman–Crippen LogP) is 1.33. The molecular weight excluding hydrogens is 242 g/mol. The summed E-state index contributed by atoms with van der Waals surface area (Å²) in [6, 6.07) is 7.03. The zero-order valence-electron chi connectivity index (χ0n) is 10.3. The highest BCUT2D eigenvalue weighted by molar-refractivity contribution is 6.04. The zero-order valence-corrected chi connectivity index (χ0v) is 10.3. The fourth-order valence-corrected chi connectivity index (χ4v) is 2.25. The Balaban J connectivity index is 2.10. The highest BCUT2D eigenvalue weighted by Crippen LogP contribution is 2.15. The fourth-order valence-electron chi connectivity index (χ4n) is 2.25. The predicted molar refractivity (Wildman–Crippen MR) is 72.0 cm³/mol. The molecule has 0 spiro atoms. The number of carbonyl (C=O) groups excluding carboxylic acids is 1. The van der Waals surface area contributed by atoms with Crippen LogP contribution in [0.1, 0.15) is 16.9 Å². The van der Waals surface area contributed by atoms with Crippen molar-refractivity contribution >= 4 is 16.7 Å². The van der Waals surface area contributed by atoms with E-state index in [0.717, 1.165) is 6.42 Å². The number of hydrogen-bond acceptors (Lipinski definition) is 3. The SMILES string of the molecule is O=C(c1n[nH]c(=O)c2ccccc12)N1CC=CCC1. The van der Waals surface area contributed by atoms with Gasteiger partial charge in [-0.05, 0) is 12.5 Å². The number of benzene rings is 1. The summed E-state index contributed by atoms with van der Waals surface area (Å²) < 4.78 is 0. The van der Waals surface area contributed by atoms with Gasteiger partial charge in [-0.1, -0.05) is 30.4 Å². The Morgan fingerprint density at radius 3 is 2.74 bits per heavy atom. The van der Waals surface area contributed by atoms with Crippen molar-refractivity contribution in [1.82, 2.24) is 15.1 Å². The van der Waals surface area contributed by atoms with E-state index >= 15 is 0 Å². The second-order valence-corrected chi connectivity index (χ2v) is 4.46. The van der Waals surface area contributed by atoms with Crippen molar-refractivity contribution in [2.45, 2.75) is 6.42 Å². The molecule has 5 heteroatoms. The van der Waals surface area contributed by atoms with Crippen molar-refractivity contribution in [3.05, 3.63) is 52.5 Å². The maximum atomic E-state index is 12.4. The van der Waals surface area contributed by atoms with Gasteiger partial charge in [0.25, 0.3) is 11.5 Å². The molecule has 0 bridgehead atoms. The van der Waals surface area contributed by atoms with E-state index < -0.39 is 0 Å². The quantitative estimate of drug-likeness (QED) is 0.782. The molecule has 1 aromatic carbocycles. The molecule has 0 atom stereocenters. The second-order valence-electron chi connectivity index (χ2n) is 4.46. The summed E-state index contributed by atoms with van der Waals surface area (Å²) in [7, 11) is 0. The third-order valence-electron chi connectivity index (χ3n) is 3.24. The van der Waals surface area contributed by atoms with Crippen molar-refractivity contribution < 1.29 is 4.79 Å². The van der Waals surface area contributed by atoms with Crippen molar-refractivity contribution in [2.75, 3.05) is 13.1 Å². The molecule has 0 fully saturated rings. The average Bonchev–Trinajstić information content (AvgIpc) is 2.48. The Labute approximate surface area is 109 Å². The Morgan fingerprint density at radius 2 is 2.00 bits per heavy atom. The topological polar surface area (TPSA) is 66.1 Å². The number of rotatable bonds is 1. The van der Waals surface area contributed by atoms with E-state index in [1.165, 1.54) is 0 Å². The summed E-state index contributed by atoms with van der Waals surface area (Å²) in [5.41, 5.74) is 0.0381. The van der Waals surface area contributed by atoms with Crippen LogP contribution in [0.2, 0.25) is 0 Å². The molecule has 0 saturated carbocycles. The van der Waals surface area contributed by atoms with E-state index in [4.69, 9.17) is 0 Å². The Morgan fingerprint density at radius 1 is 1.21 bits per heavy atom. The minimum Gasteiger partial charge on any atom is -0.333 e. The second kappa shape index (κ2) is 4.68. The van der Waals surface area contributed by atoms with Gasteiger partial charge in [0.2, 0.25) is 0 Å². The fraction of sp³-hybridized carbons (Fsp3) is 0.214. The lowest BCUT2D eigenvalue weighted by Crippen LogP contribution is -2.35. The summed E-state index contributed by atoms with van der Waals surface area (Å²) >= 11 is 0. The number of nitrogens with zero attached hydrogens (tertiary/aromatic N) is 2. The van der Waals surface area contributed by atoms with Crippen LogP contribution in [-0.2, 0) is 0 Å². The van der Waals surface area contributed by atoms with Gasteiger partial charge < -0.3 is 4.90 Å². The summed E-state index contributed by atoms with van der Waals surface area (Å²) in [6.07, 6.45) is 4.88. The van der Waals surface area contributed by atoms with Gasteiger partial charge in [0.05, 0.1) is 5.39 Å². The molecule has 1 N–H and O–H groups in total. The van der Waals surface area contributed by atoms with E-state index in [-0.39, 0.29) is 11.5 Å². The van der Waals surface area contributed by atoms with Crippen LogP contribution >= 0.6 is 0 Å². The first-order chi connectivity index (χ1) is 9.27. The van der Waals surface area contributed by atoms with Gasteiger partial charge in [-0.2, -0.15) is 5.10 Å². The van der Waals surface area contributed by atoms with Gasteiger partial charge in [-0.15, -0.1) is 0 Å². The number of H-pyrrole nitrogens is 1. The van der Waals surface area contributed by atoms with Gasteiger partial charge in [0.1, 0.15) is 0 Å². The summed E-state index contributed by atoms with van der Waals surface area (Å²) in [5.74, 6) is -0.142. The molecule has 96 valence electrons. The van der Waals surface area contributed by atoms with Crippen LogP contribution < -0.4 is 5.56 Å². The molecule has 3 rings (SSSR count). The zero-order chi connectivity index (χ0) is 13.2. The van der Waals surface area contributed by atoms with Crippen LogP contribution in [0, 0.1) is 0 Å². The van der Waals surface area contributed by atoms with Crippen molar-refractivity contribution in [3.8, 4) is 0 Å². The molecule has 2 aromatic rings. The normalized spacial score (nSPS) is 14.8. The summed E-state index contributed by atoms with van der Waals surface area (Å²) in [6.45, 7) is 1.28. The highest BCUT2D eigenvalue weighted by Gasteiger charge is 2.20. The first-order valence-electron chi connectivity index (χ1n) is 6.19. The molecule has 1 amide bonds. The third kappa shape index (κ3) is 2.03. The molecule has 0 radical (unpaired) electrons. The molecule has 2 heterocycles. The Bertz CT molecular complexity index is 718. The number of amides is 1. The minimum absolute atomic E-state index is 0.142. The largest absolute Gasteiger partial charge is 0.333 e. The van der Waals surface area contributed by atoms with Crippen LogP contribution in [-0.4, -0.2) is 34.1 Å². The van der Waals surface area contributed by atoms with E-state index in [0.29, 0.717) is 29.6 Å². The maximum absolute atomic E-state index is 12.4. The van der Waals surface area contributed by atoms with Crippen LogP contribution in [0.3, 0.4) is 0 Å². The molecule has 1 aromatic heterocycles. The van der Waals surface area contributed by atoms with Gasteiger partial charge in [-0.3, -0.25) is 9.59 Å². The smallest absolute Gasteiger partial charge is 0.275 e. The van der Waals surface area contributed by atoms with E-state index in [1.807, 2.05) is 6.08 Å². The van der Waals surface area contributed by atoms with Crippen molar-refractivity contribution in [3.63, 3.8) is 0 Å². The van der Waals surface area contributed by atoms with Gasteiger partial charge in [0, 0.05) is 18.5 Å². The van der Waals surface area contributed by atoms with E-state index in [2.05, 4.69) is 16.3 Å². The Hall–Kier alpha value is -2.43. The lowest BCUT2D eigenvalue weighted by atomic mass is 10.1. The number of hydrogen-bond donors (Lipinski definition) is 1.